The lowest BCUT2D eigenvalue weighted by Crippen LogP contribution is -2.42. The second kappa shape index (κ2) is 5.98. The van der Waals surface area contributed by atoms with Crippen LogP contribution in [0.15, 0.2) is 41.0 Å². The van der Waals surface area contributed by atoms with Crippen LogP contribution in [0, 0.1) is 15.5 Å². The van der Waals surface area contributed by atoms with Crippen LogP contribution in [-0.4, -0.2) is 21.9 Å². The normalized spacial score (nSPS) is 28.9. The fraction of sp³-hybridized carbons (Fsp3) is 0.421. The van der Waals surface area contributed by atoms with Gasteiger partial charge in [0.1, 0.15) is 0 Å². The zero-order chi connectivity index (χ0) is 17.5. The molecular formula is C19H21NO4. The fourth-order valence-corrected chi connectivity index (χ4v) is 3.98. The Morgan fingerprint density at radius 1 is 1.33 bits per heavy atom. The van der Waals surface area contributed by atoms with E-state index in [4.69, 9.17) is 0 Å². The van der Waals surface area contributed by atoms with E-state index in [-0.39, 0.29) is 16.9 Å². The Morgan fingerprint density at radius 2 is 2.00 bits per heavy atom. The summed E-state index contributed by atoms with van der Waals surface area (Å²) in [5.41, 5.74) is 2.90. The van der Waals surface area contributed by atoms with Crippen molar-refractivity contribution in [3.05, 3.63) is 56.7 Å². The molecule has 5 heteroatoms. The topological polar surface area (TPSA) is 80.4 Å². The van der Waals surface area contributed by atoms with Crippen LogP contribution in [0.25, 0.3) is 6.08 Å². The average molecular weight is 327 g/mol. The number of ketones is 1. The van der Waals surface area contributed by atoms with Crippen LogP contribution in [0.3, 0.4) is 0 Å². The van der Waals surface area contributed by atoms with Gasteiger partial charge in [0.05, 0.1) is 11.0 Å². The summed E-state index contributed by atoms with van der Waals surface area (Å²) in [5, 5.41) is 21.2. The van der Waals surface area contributed by atoms with E-state index in [1.54, 1.807) is 18.2 Å². The Hall–Kier alpha value is -2.27. The van der Waals surface area contributed by atoms with Crippen molar-refractivity contribution in [3.63, 3.8) is 0 Å². The molecule has 0 heterocycles. The SMILES string of the molecule is CC1=C2CCC[C@H](O)[C@@]2(C)CC(=Cc2ccc([N+](=O)[O-])cc2)C1=O. The van der Waals surface area contributed by atoms with E-state index in [1.165, 1.54) is 12.1 Å². The molecule has 126 valence electrons. The number of rotatable bonds is 2. The number of hydrogen-bond acceptors (Lipinski definition) is 4. The number of aliphatic hydroxyl groups excluding tert-OH is 1. The number of Topliss-reactive ketones (excluding diaryl/α,β-unsaturated/α-hetero) is 1. The molecule has 0 saturated heterocycles. The van der Waals surface area contributed by atoms with Crippen molar-refractivity contribution in [2.24, 2.45) is 5.41 Å². The smallest absolute Gasteiger partial charge is 0.269 e. The summed E-state index contributed by atoms with van der Waals surface area (Å²) in [5.74, 6) is 0.0231. The Bertz CT molecular complexity index is 760. The highest BCUT2D eigenvalue weighted by molar-refractivity contribution is 6.12. The van der Waals surface area contributed by atoms with Crippen molar-refractivity contribution in [3.8, 4) is 0 Å². The molecule has 2 atom stereocenters. The van der Waals surface area contributed by atoms with Crippen LogP contribution in [0.2, 0.25) is 0 Å². The fourth-order valence-electron chi connectivity index (χ4n) is 3.98. The summed E-state index contributed by atoms with van der Waals surface area (Å²) < 4.78 is 0. The summed E-state index contributed by atoms with van der Waals surface area (Å²) in [6.45, 7) is 3.88. The van der Waals surface area contributed by atoms with Crippen LogP contribution < -0.4 is 0 Å². The number of hydrogen-bond donors (Lipinski definition) is 1. The molecule has 3 rings (SSSR count). The monoisotopic (exact) mass is 327 g/mol. The highest BCUT2D eigenvalue weighted by Gasteiger charge is 2.45. The number of nitro benzene ring substituents is 1. The molecule has 0 aliphatic heterocycles. The third-order valence-corrected chi connectivity index (χ3v) is 5.42. The summed E-state index contributed by atoms with van der Waals surface area (Å²) in [4.78, 5) is 23.0. The molecule has 1 aromatic rings. The van der Waals surface area contributed by atoms with Gasteiger partial charge in [-0.3, -0.25) is 14.9 Å². The van der Waals surface area contributed by atoms with Crippen molar-refractivity contribution in [1.82, 2.24) is 0 Å². The van der Waals surface area contributed by atoms with Crippen LogP contribution in [0.5, 0.6) is 0 Å². The highest BCUT2D eigenvalue weighted by atomic mass is 16.6. The van der Waals surface area contributed by atoms with Crippen LogP contribution in [0.1, 0.15) is 45.1 Å². The van der Waals surface area contributed by atoms with Gasteiger partial charge in [-0.15, -0.1) is 0 Å². The van der Waals surface area contributed by atoms with E-state index < -0.39 is 11.0 Å². The predicted molar refractivity (Wildman–Crippen MR) is 91.4 cm³/mol. The Kier molecular flexibility index (Phi) is 4.13. The molecule has 1 aromatic carbocycles. The first-order valence-corrected chi connectivity index (χ1v) is 8.21. The number of carbonyl (C=O) groups is 1. The molecule has 0 aromatic heterocycles. The number of nitro groups is 1. The van der Waals surface area contributed by atoms with Gasteiger partial charge in [0, 0.05) is 23.1 Å². The lowest BCUT2D eigenvalue weighted by molar-refractivity contribution is -0.384. The lowest BCUT2D eigenvalue weighted by atomic mass is 9.61. The molecule has 1 fully saturated rings. The number of allylic oxidation sites excluding steroid dienone is 2. The van der Waals surface area contributed by atoms with Crippen LogP contribution in [-0.2, 0) is 4.79 Å². The second-order valence-electron chi connectivity index (χ2n) is 6.95. The summed E-state index contributed by atoms with van der Waals surface area (Å²) in [6, 6.07) is 6.16. The van der Waals surface area contributed by atoms with Crippen molar-refractivity contribution in [2.75, 3.05) is 0 Å². The zero-order valence-corrected chi connectivity index (χ0v) is 13.9. The standard InChI is InChI=1S/C19H21NO4/c1-12-16-4-3-5-17(21)19(16,2)11-14(18(12)22)10-13-6-8-15(9-7-13)20(23)24/h6-10,17,21H,3-5,11H2,1-2H3/t17-,19-/m0/s1. The van der Waals surface area contributed by atoms with Gasteiger partial charge < -0.3 is 5.11 Å². The predicted octanol–water partition coefficient (Wildman–Crippen LogP) is 3.82. The van der Waals surface area contributed by atoms with Crippen LogP contribution in [0.4, 0.5) is 5.69 Å². The average Bonchev–Trinajstić information content (AvgIpc) is 2.55. The summed E-state index contributed by atoms with van der Waals surface area (Å²) in [7, 11) is 0. The van der Waals surface area contributed by atoms with Gasteiger partial charge in [-0.25, -0.2) is 0 Å². The molecule has 5 nitrogen and oxygen atoms in total. The maximum Gasteiger partial charge on any atom is 0.269 e. The van der Waals surface area contributed by atoms with E-state index in [0.717, 1.165) is 36.0 Å². The first-order valence-electron chi connectivity index (χ1n) is 8.21. The highest BCUT2D eigenvalue weighted by Crippen LogP contribution is 2.50. The van der Waals surface area contributed by atoms with Gasteiger partial charge >= 0.3 is 0 Å². The molecule has 2 aliphatic rings. The van der Waals surface area contributed by atoms with E-state index in [0.29, 0.717) is 12.0 Å². The summed E-state index contributed by atoms with van der Waals surface area (Å²) >= 11 is 0. The molecular weight excluding hydrogens is 306 g/mol. The maximum absolute atomic E-state index is 12.7. The van der Waals surface area contributed by atoms with Crippen LogP contribution >= 0.6 is 0 Å². The number of fused-ring (bicyclic) bond motifs is 1. The Balaban J connectivity index is 1.98. The molecule has 2 aliphatic carbocycles. The number of benzene rings is 1. The first-order chi connectivity index (χ1) is 11.3. The number of aliphatic hydroxyl groups is 1. The Morgan fingerprint density at radius 3 is 2.62 bits per heavy atom. The largest absolute Gasteiger partial charge is 0.392 e. The maximum atomic E-state index is 12.7. The van der Waals surface area contributed by atoms with Crippen molar-refractivity contribution in [2.45, 2.75) is 45.6 Å². The summed E-state index contributed by atoms with van der Waals surface area (Å²) in [6.07, 6.45) is 4.40. The third-order valence-electron chi connectivity index (χ3n) is 5.42. The quantitative estimate of drug-likeness (QED) is 0.509. The van der Waals surface area contributed by atoms with E-state index in [2.05, 4.69) is 0 Å². The van der Waals surface area contributed by atoms with Crippen molar-refractivity contribution in [1.29, 1.82) is 0 Å². The van der Waals surface area contributed by atoms with Gasteiger partial charge in [-0.1, -0.05) is 12.5 Å². The molecule has 24 heavy (non-hydrogen) atoms. The number of carbonyl (C=O) groups excluding carboxylic acids is 1. The van der Waals surface area contributed by atoms with Crippen molar-refractivity contribution < 1.29 is 14.8 Å². The van der Waals surface area contributed by atoms with Gasteiger partial charge in [0.15, 0.2) is 5.78 Å². The van der Waals surface area contributed by atoms with E-state index in [1.807, 2.05) is 13.8 Å². The third kappa shape index (κ3) is 2.69. The molecule has 0 spiro atoms. The first kappa shape index (κ1) is 16.6. The molecule has 0 unspecified atom stereocenters. The zero-order valence-electron chi connectivity index (χ0n) is 13.9. The van der Waals surface area contributed by atoms with Gasteiger partial charge in [0.25, 0.3) is 5.69 Å². The number of non-ortho nitro benzene ring substituents is 1. The molecule has 0 radical (unpaired) electrons. The molecule has 1 saturated carbocycles. The molecule has 0 bridgehead atoms. The second-order valence-corrected chi connectivity index (χ2v) is 6.95. The van der Waals surface area contributed by atoms with Gasteiger partial charge in [-0.05, 0) is 62.0 Å². The minimum atomic E-state index is -0.443. The van der Waals surface area contributed by atoms with E-state index >= 15 is 0 Å². The minimum absolute atomic E-state index is 0.0231. The Labute approximate surface area is 140 Å². The lowest BCUT2D eigenvalue weighted by Gasteiger charge is -2.45. The molecule has 1 N–H and O–H groups in total. The van der Waals surface area contributed by atoms with E-state index in [9.17, 15) is 20.0 Å². The molecule has 0 amide bonds. The van der Waals surface area contributed by atoms with Gasteiger partial charge in [0.2, 0.25) is 0 Å². The van der Waals surface area contributed by atoms with Crippen molar-refractivity contribution >= 4 is 17.5 Å². The van der Waals surface area contributed by atoms with Gasteiger partial charge in [-0.2, -0.15) is 0 Å². The minimum Gasteiger partial charge on any atom is -0.392 e. The number of nitrogens with zero attached hydrogens (tertiary/aromatic N) is 1.